The molecule has 3 rings (SSSR count). The van der Waals surface area contributed by atoms with Crippen molar-refractivity contribution in [2.45, 2.75) is 25.0 Å². The molecule has 1 aromatic heterocycles. The zero-order valence-electron chi connectivity index (χ0n) is 14.1. The average Bonchev–Trinajstić information content (AvgIpc) is 3.27. The van der Waals surface area contributed by atoms with Gasteiger partial charge in [0, 0.05) is 24.7 Å². The predicted octanol–water partition coefficient (Wildman–Crippen LogP) is 2.10. The molecule has 6 nitrogen and oxygen atoms in total. The van der Waals surface area contributed by atoms with E-state index in [2.05, 4.69) is 5.32 Å². The molecule has 0 aliphatic carbocycles. The summed E-state index contributed by atoms with van der Waals surface area (Å²) < 4.78 is 37.7. The molecule has 1 aromatic carbocycles. The lowest BCUT2D eigenvalue weighted by molar-refractivity contribution is -0.146. The lowest BCUT2D eigenvalue weighted by atomic mass is 10.1. The molecule has 0 spiro atoms. The quantitative estimate of drug-likeness (QED) is 0.823. The van der Waals surface area contributed by atoms with Crippen LogP contribution in [-0.4, -0.2) is 42.5 Å². The number of esters is 1. The second kappa shape index (κ2) is 7.65. The minimum Gasteiger partial charge on any atom is -0.468 e. The second-order valence-corrected chi connectivity index (χ2v) is 6.05. The first-order chi connectivity index (χ1) is 12.5. The monoisotopic (exact) mass is 364 g/mol. The summed E-state index contributed by atoms with van der Waals surface area (Å²) in [6.45, 7) is 0.144. The minimum atomic E-state index is -0.707. The fourth-order valence-electron chi connectivity index (χ4n) is 3.11. The Labute approximate surface area is 148 Å². The number of carbonyl (C=O) groups excluding carboxylic acids is 2. The molecule has 1 fully saturated rings. The summed E-state index contributed by atoms with van der Waals surface area (Å²) in [5.74, 6) is -2.15. The molecule has 2 atom stereocenters. The summed E-state index contributed by atoms with van der Waals surface area (Å²) in [6.07, 6.45) is 1.66. The van der Waals surface area contributed by atoms with Crippen molar-refractivity contribution in [3.63, 3.8) is 0 Å². The number of hydrogen-bond acceptors (Lipinski definition) is 5. The van der Waals surface area contributed by atoms with Crippen LogP contribution in [0, 0.1) is 11.6 Å². The van der Waals surface area contributed by atoms with Crippen LogP contribution >= 0.6 is 0 Å². The summed E-state index contributed by atoms with van der Waals surface area (Å²) in [7, 11) is 1.25. The third kappa shape index (κ3) is 3.75. The third-order valence-corrected chi connectivity index (χ3v) is 4.38. The number of hydrogen-bond donors (Lipinski definition) is 1. The van der Waals surface area contributed by atoms with Gasteiger partial charge in [0.1, 0.15) is 17.7 Å². The van der Waals surface area contributed by atoms with Crippen molar-refractivity contribution in [1.29, 1.82) is 0 Å². The highest BCUT2D eigenvalue weighted by atomic mass is 19.1. The molecular weight excluding hydrogens is 346 g/mol. The summed E-state index contributed by atoms with van der Waals surface area (Å²) in [5.41, 5.74) is -0.126. The van der Waals surface area contributed by atoms with E-state index in [4.69, 9.17) is 9.15 Å². The molecule has 1 N–H and O–H groups in total. The number of nitrogens with one attached hydrogen (secondary N) is 1. The van der Waals surface area contributed by atoms with Gasteiger partial charge in [-0.3, -0.25) is 14.5 Å². The van der Waals surface area contributed by atoms with Gasteiger partial charge in [0.25, 0.3) is 5.91 Å². The molecule has 1 aliphatic heterocycles. The largest absolute Gasteiger partial charge is 0.468 e. The Bertz CT molecular complexity index is 774. The number of ether oxygens (including phenoxy) is 1. The number of nitrogens with zero attached hydrogens (tertiary/aromatic N) is 1. The highest BCUT2D eigenvalue weighted by Gasteiger charge is 2.39. The van der Waals surface area contributed by atoms with E-state index in [0.717, 1.165) is 12.1 Å². The smallest absolute Gasteiger partial charge is 0.323 e. The van der Waals surface area contributed by atoms with Crippen molar-refractivity contribution in [3.8, 4) is 0 Å². The van der Waals surface area contributed by atoms with Crippen LogP contribution in [0.4, 0.5) is 8.78 Å². The maximum absolute atomic E-state index is 13.9. The molecule has 138 valence electrons. The van der Waals surface area contributed by atoms with E-state index >= 15 is 0 Å². The SMILES string of the molecule is COC(=O)[C@@H]1C[C@H](NC(=O)c2ccco2)CN1Cc1c(F)cccc1F. The van der Waals surface area contributed by atoms with E-state index < -0.39 is 29.6 Å². The maximum atomic E-state index is 13.9. The van der Waals surface area contributed by atoms with Gasteiger partial charge in [-0.05, 0) is 30.7 Å². The predicted molar refractivity (Wildman–Crippen MR) is 87.2 cm³/mol. The number of rotatable bonds is 5. The first-order valence-electron chi connectivity index (χ1n) is 8.08. The summed E-state index contributed by atoms with van der Waals surface area (Å²) in [6, 6.07) is 5.63. The molecule has 0 saturated carbocycles. The maximum Gasteiger partial charge on any atom is 0.323 e. The molecule has 0 unspecified atom stereocenters. The molecule has 2 heterocycles. The van der Waals surface area contributed by atoms with Crippen molar-refractivity contribution in [3.05, 3.63) is 59.6 Å². The van der Waals surface area contributed by atoms with Crippen molar-refractivity contribution in [2.75, 3.05) is 13.7 Å². The van der Waals surface area contributed by atoms with Gasteiger partial charge in [0.2, 0.25) is 0 Å². The van der Waals surface area contributed by atoms with Crippen LogP contribution in [0.25, 0.3) is 0 Å². The van der Waals surface area contributed by atoms with Gasteiger partial charge in [-0.2, -0.15) is 0 Å². The summed E-state index contributed by atoms with van der Waals surface area (Å²) in [4.78, 5) is 25.8. The van der Waals surface area contributed by atoms with Crippen LogP contribution < -0.4 is 5.32 Å². The first-order valence-corrected chi connectivity index (χ1v) is 8.08. The van der Waals surface area contributed by atoms with E-state index in [0.29, 0.717) is 0 Å². The van der Waals surface area contributed by atoms with E-state index in [1.807, 2.05) is 0 Å². The number of halogens is 2. The standard InChI is InChI=1S/C18H18F2N2O4/c1-25-18(24)15-8-11(21-17(23)16-6-3-7-26-16)9-22(15)10-12-13(19)4-2-5-14(12)20/h2-7,11,15H,8-10H2,1H3,(H,21,23)/t11-,15-/m0/s1. The third-order valence-electron chi connectivity index (χ3n) is 4.38. The fraction of sp³-hybridized carbons (Fsp3) is 0.333. The van der Waals surface area contributed by atoms with Crippen molar-refractivity contribution in [1.82, 2.24) is 10.2 Å². The van der Waals surface area contributed by atoms with Crippen LogP contribution in [0.1, 0.15) is 22.5 Å². The second-order valence-electron chi connectivity index (χ2n) is 6.05. The Balaban J connectivity index is 1.75. The van der Waals surface area contributed by atoms with E-state index in [1.165, 1.54) is 25.5 Å². The van der Waals surface area contributed by atoms with Crippen LogP contribution in [0.5, 0.6) is 0 Å². The van der Waals surface area contributed by atoms with Gasteiger partial charge in [-0.15, -0.1) is 0 Å². The zero-order chi connectivity index (χ0) is 18.7. The van der Waals surface area contributed by atoms with Gasteiger partial charge >= 0.3 is 5.97 Å². The molecule has 0 bridgehead atoms. The molecule has 26 heavy (non-hydrogen) atoms. The van der Waals surface area contributed by atoms with Crippen molar-refractivity contribution >= 4 is 11.9 Å². The Morgan fingerprint density at radius 1 is 1.27 bits per heavy atom. The molecule has 2 aromatic rings. The molecule has 1 amide bonds. The number of methoxy groups -OCH3 is 1. The van der Waals surface area contributed by atoms with E-state index in [-0.39, 0.29) is 36.9 Å². The normalized spacial score (nSPS) is 20.1. The van der Waals surface area contributed by atoms with Crippen molar-refractivity contribution < 1.29 is 27.5 Å². The van der Waals surface area contributed by atoms with Gasteiger partial charge in [-0.25, -0.2) is 8.78 Å². The highest BCUT2D eigenvalue weighted by Crippen LogP contribution is 2.24. The number of benzene rings is 1. The number of furan rings is 1. The minimum absolute atomic E-state index is 0.106. The summed E-state index contributed by atoms with van der Waals surface area (Å²) in [5, 5.41) is 2.77. The Kier molecular flexibility index (Phi) is 5.32. The van der Waals surface area contributed by atoms with Gasteiger partial charge in [-0.1, -0.05) is 6.07 Å². The van der Waals surface area contributed by atoms with Crippen LogP contribution in [0.3, 0.4) is 0 Å². The lowest BCUT2D eigenvalue weighted by Gasteiger charge is -2.22. The molecular formula is C18H18F2N2O4. The topological polar surface area (TPSA) is 71.8 Å². The molecule has 1 saturated heterocycles. The highest BCUT2D eigenvalue weighted by molar-refractivity contribution is 5.91. The zero-order valence-corrected chi connectivity index (χ0v) is 14.1. The van der Waals surface area contributed by atoms with E-state index in [1.54, 1.807) is 11.0 Å². The van der Waals surface area contributed by atoms with E-state index in [9.17, 15) is 18.4 Å². The van der Waals surface area contributed by atoms with Gasteiger partial charge < -0.3 is 14.5 Å². The van der Waals surface area contributed by atoms with Gasteiger partial charge in [0.05, 0.1) is 13.4 Å². The number of likely N-dealkylation sites (tertiary alicyclic amines) is 1. The summed E-state index contributed by atoms with van der Waals surface area (Å²) >= 11 is 0. The van der Waals surface area contributed by atoms with Crippen molar-refractivity contribution in [2.24, 2.45) is 0 Å². The Morgan fingerprint density at radius 3 is 2.62 bits per heavy atom. The van der Waals surface area contributed by atoms with Crippen LogP contribution in [-0.2, 0) is 16.1 Å². The fourth-order valence-corrected chi connectivity index (χ4v) is 3.11. The molecule has 0 radical (unpaired) electrons. The lowest BCUT2D eigenvalue weighted by Crippen LogP contribution is -2.38. The Hall–Kier alpha value is -2.74. The number of carbonyl (C=O) groups is 2. The molecule has 1 aliphatic rings. The van der Waals surface area contributed by atoms with Gasteiger partial charge in [0.15, 0.2) is 5.76 Å². The average molecular weight is 364 g/mol. The van der Waals surface area contributed by atoms with Crippen LogP contribution in [0.2, 0.25) is 0 Å². The first kappa shape index (κ1) is 18.1. The number of amides is 1. The molecule has 8 heteroatoms. The Morgan fingerprint density at radius 2 is 2.00 bits per heavy atom. The van der Waals surface area contributed by atoms with Crippen LogP contribution in [0.15, 0.2) is 41.0 Å².